The quantitative estimate of drug-likeness (QED) is 0.0991. The zero-order valence-electron chi connectivity index (χ0n) is 32.5. The smallest absolute Gasteiger partial charge is 0.341 e. The molecule has 2 aliphatic heterocycles. The van der Waals surface area contributed by atoms with E-state index in [2.05, 4.69) is 0 Å². The summed E-state index contributed by atoms with van der Waals surface area (Å²) in [6, 6.07) is 16.2. The molecule has 6 aromatic rings. The van der Waals surface area contributed by atoms with Gasteiger partial charge in [-0.1, -0.05) is 46.4 Å². The van der Waals surface area contributed by atoms with Crippen LogP contribution in [0.15, 0.2) is 82.6 Å². The summed E-state index contributed by atoms with van der Waals surface area (Å²) in [6.45, 7) is 1.94. The maximum atomic E-state index is 12.4. The highest BCUT2D eigenvalue weighted by molar-refractivity contribution is 7.16. The van der Waals surface area contributed by atoms with Crippen molar-refractivity contribution in [3.63, 3.8) is 0 Å². The standard InChI is InChI=1S/2C21H17Cl2NO6S/c2*1-28-5-2-6-29-17-9-16-11(7-13(17)22)14-8-15(25)12(21(26)27)10-24(14)20(30-16)18-3-4-19(23)31-18/h2*3-4,7-10,20H,2,5-6H2,1H3,(H,26,27)/t2*20-/m10/s1. The number of hydrogen-bond acceptors (Lipinski definition) is 12. The Labute approximate surface area is 380 Å². The summed E-state index contributed by atoms with van der Waals surface area (Å²) in [5.41, 5.74) is 0.165. The first-order chi connectivity index (χ1) is 29.8. The molecule has 2 N–H and O–H groups in total. The van der Waals surface area contributed by atoms with Crippen LogP contribution in [0, 0.1) is 0 Å². The minimum atomic E-state index is -1.31. The number of rotatable bonds is 14. The molecule has 8 rings (SSSR count). The van der Waals surface area contributed by atoms with Crippen LogP contribution >= 0.6 is 69.1 Å². The average molecular weight is 965 g/mol. The van der Waals surface area contributed by atoms with Gasteiger partial charge in [0.2, 0.25) is 12.5 Å². The lowest BCUT2D eigenvalue weighted by Crippen LogP contribution is -2.27. The minimum absolute atomic E-state index is 0.346. The SMILES string of the molecule is COCCCOc1cc2c(cc1Cl)-c1cc(=O)c(C(=O)O)cn1[C@@H](c1ccc(Cl)s1)O2.COCCCOc1cc2c(cc1Cl)-c1cc(=O)c(C(=O)O)cn1[C@H](c1ccc(Cl)s1)O2. The summed E-state index contributed by atoms with van der Waals surface area (Å²) in [4.78, 5) is 49.4. The molecule has 2 aromatic carbocycles. The van der Waals surface area contributed by atoms with Crippen molar-refractivity contribution < 1.29 is 48.2 Å². The average Bonchev–Trinajstić information content (AvgIpc) is 3.88. The number of methoxy groups -OCH3 is 2. The molecule has 0 fully saturated rings. The van der Waals surface area contributed by atoms with E-state index in [9.17, 15) is 29.4 Å². The Morgan fingerprint density at radius 2 is 1.03 bits per heavy atom. The maximum absolute atomic E-state index is 12.4. The minimum Gasteiger partial charge on any atom is -0.492 e. The molecule has 6 heterocycles. The topological polar surface area (TPSA) is 174 Å². The normalized spacial score (nSPS) is 14.5. The molecule has 0 spiro atoms. The summed E-state index contributed by atoms with van der Waals surface area (Å²) >= 11 is 27.6. The van der Waals surface area contributed by atoms with Gasteiger partial charge in [-0.05, 0) is 36.4 Å². The van der Waals surface area contributed by atoms with Gasteiger partial charge in [0.25, 0.3) is 0 Å². The van der Waals surface area contributed by atoms with Gasteiger partial charge < -0.3 is 47.8 Å². The first kappa shape index (κ1) is 45.0. The second-order valence-corrected chi connectivity index (χ2v) is 17.8. The molecule has 0 aliphatic carbocycles. The van der Waals surface area contributed by atoms with Gasteiger partial charge >= 0.3 is 11.9 Å². The highest BCUT2D eigenvalue weighted by atomic mass is 35.5. The third-order valence-corrected chi connectivity index (χ3v) is 12.5. The second kappa shape index (κ2) is 19.6. The zero-order chi connectivity index (χ0) is 44.2. The van der Waals surface area contributed by atoms with Crippen LogP contribution in [-0.4, -0.2) is 71.9 Å². The summed E-state index contributed by atoms with van der Waals surface area (Å²) in [6.07, 6.45) is 2.53. The van der Waals surface area contributed by atoms with Crippen LogP contribution in [-0.2, 0) is 9.47 Å². The van der Waals surface area contributed by atoms with E-state index in [1.165, 1.54) is 47.2 Å². The number of pyridine rings is 2. The number of carboxylic acids is 2. The van der Waals surface area contributed by atoms with E-state index in [0.717, 1.165) is 9.75 Å². The number of nitrogens with zero attached hydrogens (tertiary/aromatic N) is 2. The molecule has 2 aliphatic rings. The summed E-state index contributed by atoms with van der Waals surface area (Å²) in [5, 5.41) is 19.5. The van der Waals surface area contributed by atoms with Gasteiger partial charge in [-0.2, -0.15) is 0 Å². The van der Waals surface area contributed by atoms with E-state index in [1.807, 2.05) is 0 Å². The molecular formula is C42H34Cl4N2O12S2. The van der Waals surface area contributed by atoms with Crippen molar-refractivity contribution in [2.75, 3.05) is 40.6 Å². The van der Waals surface area contributed by atoms with Gasteiger partial charge in [-0.3, -0.25) is 9.59 Å². The molecule has 14 nitrogen and oxygen atoms in total. The number of halogens is 4. The summed E-state index contributed by atoms with van der Waals surface area (Å²) in [7, 11) is 3.23. The lowest BCUT2D eigenvalue weighted by molar-refractivity contribution is 0.0682. The van der Waals surface area contributed by atoms with E-state index in [-0.39, 0.29) is 11.1 Å². The van der Waals surface area contributed by atoms with E-state index in [1.54, 1.807) is 71.9 Å². The predicted octanol–water partition coefficient (Wildman–Crippen LogP) is 9.87. The van der Waals surface area contributed by atoms with E-state index < -0.39 is 35.3 Å². The van der Waals surface area contributed by atoms with E-state index >= 15 is 0 Å². The number of thiophene rings is 2. The first-order valence-electron chi connectivity index (χ1n) is 18.5. The Bertz CT molecular complexity index is 2600. The fourth-order valence-electron chi connectivity index (χ4n) is 6.56. The van der Waals surface area contributed by atoms with Crippen molar-refractivity contribution in [3.8, 4) is 45.5 Å². The monoisotopic (exact) mass is 962 g/mol. The molecule has 20 heteroatoms. The number of ether oxygens (including phenoxy) is 6. The molecule has 0 saturated heterocycles. The lowest BCUT2D eigenvalue weighted by atomic mass is 10.1. The van der Waals surface area contributed by atoms with Crippen molar-refractivity contribution in [1.82, 2.24) is 9.13 Å². The van der Waals surface area contributed by atoms with Crippen LogP contribution in [0.1, 0.15) is 55.8 Å². The van der Waals surface area contributed by atoms with E-state index in [4.69, 9.17) is 74.8 Å². The Hall–Kier alpha value is -5.04. The van der Waals surface area contributed by atoms with Crippen LogP contribution in [0.25, 0.3) is 22.5 Å². The van der Waals surface area contributed by atoms with Gasteiger partial charge in [0.1, 0.15) is 34.1 Å². The van der Waals surface area contributed by atoms with Crippen molar-refractivity contribution in [1.29, 1.82) is 0 Å². The maximum Gasteiger partial charge on any atom is 0.341 e. The number of carboxylic acid groups (broad SMARTS) is 2. The van der Waals surface area contributed by atoms with Crippen molar-refractivity contribution in [2.45, 2.75) is 25.3 Å². The van der Waals surface area contributed by atoms with Crippen molar-refractivity contribution in [3.05, 3.63) is 133 Å². The third-order valence-electron chi connectivity index (χ3n) is 9.40. The highest BCUT2D eigenvalue weighted by Gasteiger charge is 2.32. The molecule has 4 aromatic heterocycles. The molecular weight excluding hydrogens is 930 g/mol. The number of fused-ring (bicyclic) bond motifs is 6. The van der Waals surface area contributed by atoms with Crippen molar-refractivity contribution in [2.24, 2.45) is 0 Å². The summed E-state index contributed by atoms with van der Waals surface area (Å²) in [5.74, 6) is -0.819. The van der Waals surface area contributed by atoms with Crippen LogP contribution in [0.4, 0.5) is 0 Å². The molecule has 0 unspecified atom stereocenters. The molecule has 324 valence electrons. The van der Waals surface area contributed by atoms with Gasteiger partial charge in [0, 0.05) is 88.1 Å². The lowest BCUT2D eigenvalue weighted by Gasteiger charge is -2.31. The van der Waals surface area contributed by atoms with Gasteiger partial charge in [0.15, 0.2) is 10.9 Å². The fourth-order valence-corrected chi connectivity index (χ4v) is 9.18. The van der Waals surface area contributed by atoms with Crippen LogP contribution < -0.4 is 29.8 Å². The predicted molar refractivity (Wildman–Crippen MR) is 236 cm³/mol. The zero-order valence-corrected chi connectivity index (χ0v) is 37.2. The Kier molecular flexibility index (Phi) is 14.2. The molecule has 0 amide bonds. The summed E-state index contributed by atoms with van der Waals surface area (Å²) < 4.78 is 38.3. The Morgan fingerprint density at radius 3 is 1.37 bits per heavy atom. The highest BCUT2D eigenvalue weighted by Crippen LogP contribution is 2.47. The number of carbonyl (C=O) groups is 2. The van der Waals surface area contributed by atoms with Gasteiger partial charge in [-0.15, -0.1) is 22.7 Å². The number of aromatic nitrogens is 2. The van der Waals surface area contributed by atoms with Crippen molar-refractivity contribution >= 4 is 81.0 Å². The fraction of sp³-hybridized carbons (Fsp3) is 0.238. The van der Waals surface area contributed by atoms with Crippen LogP contribution in [0.5, 0.6) is 23.0 Å². The molecule has 0 bridgehead atoms. The van der Waals surface area contributed by atoms with Crippen LogP contribution in [0.3, 0.4) is 0 Å². The molecule has 0 saturated carbocycles. The molecule has 62 heavy (non-hydrogen) atoms. The number of hydrogen-bond donors (Lipinski definition) is 2. The van der Waals surface area contributed by atoms with E-state index in [0.29, 0.717) is 103 Å². The largest absolute Gasteiger partial charge is 0.492 e. The molecule has 0 radical (unpaired) electrons. The van der Waals surface area contributed by atoms with Gasteiger partial charge in [0.05, 0.1) is 53.1 Å². The van der Waals surface area contributed by atoms with Crippen LogP contribution in [0.2, 0.25) is 18.7 Å². The first-order valence-corrected chi connectivity index (χ1v) is 21.7. The van der Waals surface area contributed by atoms with Gasteiger partial charge in [-0.25, -0.2) is 9.59 Å². The Balaban J connectivity index is 0.000000186. The second-order valence-electron chi connectivity index (χ2n) is 13.5. The third kappa shape index (κ3) is 9.62. The molecule has 2 atom stereocenters. The Morgan fingerprint density at radius 1 is 0.629 bits per heavy atom. The number of aromatic carboxylic acids is 2. The number of benzene rings is 2.